The minimum Gasteiger partial charge on any atom is -0.238 e. The van der Waals surface area contributed by atoms with Gasteiger partial charge in [-0.05, 0) is 36.4 Å². The first-order valence-electron chi connectivity index (χ1n) is 6.80. The van der Waals surface area contributed by atoms with E-state index in [1.165, 1.54) is 16.0 Å². The third-order valence-electron chi connectivity index (χ3n) is 3.86. The molecule has 1 aromatic heterocycles. The molecule has 0 fully saturated rings. The van der Waals surface area contributed by atoms with E-state index >= 15 is 0 Å². The highest BCUT2D eigenvalue weighted by Crippen LogP contribution is 2.33. The van der Waals surface area contributed by atoms with Gasteiger partial charge in [-0.3, -0.25) is 0 Å². The normalized spacial score (nSPS) is 13.8. The highest BCUT2D eigenvalue weighted by atomic mass is 32.2. The average molecular weight is 295 g/mol. The van der Waals surface area contributed by atoms with Gasteiger partial charge in [0.1, 0.15) is 18.2 Å². The predicted octanol–water partition coefficient (Wildman–Crippen LogP) is 3.81. The lowest BCUT2D eigenvalue weighted by molar-refractivity contribution is 0.424. The van der Waals surface area contributed by atoms with Crippen molar-refractivity contribution in [2.75, 3.05) is 6.26 Å². The summed E-state index contributed by atoms with van der Waals surface area (Å²) in [6.07, 6.45) is 5.44. The van der Waals surface area contributed by atoms with Gasteiger partial charge in [0.2, 0.25) is 0 Å². The van der Waals surface area contributed by atoms with Crippen molar-refractivity contribution in [2.24, 2.45) is 0 Å². The second-order valence-electron chi connectivity index (χ2n) is 5.01. The van der Waals surface area contributed by atoms with Crippen LogP contribution in [0.2, 0.25) is 0 Å². The van der Waals surface area contributed by atoms with Gasteiger partial charge in [0.05, 0.1) is 0 Å². The monoisotopic (exact) mass is 295 g/mol. The Balaban J connectivity index is 2.16. The van der Waals surface area contributed by atoms with Gasteiger partial charge >= 0.3 is 0 Å². The SMILES string of the molecule is CSc1ccc(C(C)(c2ccccc2)n2cncn2)cc1. The Kier molecular flexibility index (Phi) is 3.80. The summed E-state index contributed by atoms with van der Waals surface area (Å²) in [7, 11) is 0. The molecular formula is C17H17N3S. The van der Waals surface area contributed by atoms with Crippen molar-refractivity contribution in [1.82, 2.24) is 14.8 Å². The van der Waals surface area contributed by atoms with Gasteiger partial charge in [0.25, 0.3) is 0 Å². The molecule has 1 atom stereocenters. The average Bonchev–Trinajstić information content (AvgIpc) is 3.10. The standard InChI is InChI=1S/C17H17N3S/c1-17(20-13-18-12-19-20,14-6-4-3-5-7-14)15-8-10-16(21-2)11-9-15/h3-13H,1-2H3. The van der Waals surface area contributed by atoms with Gasteiger partial charge in [-0.15, -0.1) is 11.8 Å². The van der Waals surface area contributed by atoms with Crippen LogP contribution in [-0.2, 0) is 5.54 Å². The molecule has 4 heteroatoms. The highest BCUT2D eigenvalue weighted by molar-refractivity contribution is 7.98. The number of rotatable bonds is 4. The predicted molar refractivity (Wildman–Crippen MR) is 86.5 cm³/mol. The number of hydrogen-bond donors (Lipinski definition) is 0. The zero-order valence-electron chi connectivity index (χ0n) is 12.1. The smallest absolute Gasteiger partial charge is 0.137 e. The number of benzene rings is 2. The molecule has 0 amide bonds. The van der Waals surface area contributed by atoms with Crippen molar-refractivity contribution >= 4 is 11.8 Å². The van der Waals surface area contributed by atoms with E-state index in [9.17, 15) is 0 Å². The van der Waals surface area contributed by atoms with Crippen LogP contribution in [0.4, 0.5) is 0 Å². The Morgan fingerprint density at radius 3 is 2.19 bits per heavy atom. The zero-order chi connectivity index (χ0) is 14.7. The molecule has 0 spiro atoms. The lowest BCUT2D eigenvalue weighted by Crippen LogP contribution is -2.33. The van der Waals surface area contributed by atoms with Crippen molar-refractivity contribution in [2.45, 2.75) is 17.4 Å². The van der Waals surface area contributed by atoms with Crippen LogP contribution >= 0.6 is 11.8 Å². The molecular weight excluding hydrogens is 278 g/mol. The van der Waals surface area contributed by atoms with E-state index in [1.807, 2.05) is 10.7 Å². The van der Waals surface area contributed by atoms with Crippen LogP contribution in [0.25, 0.3) is 0 Å². The minimum absolute atomic E-state index is 0.366. The molecule has 0 bridgehead atoms. The van der Waals surface area contributed by atoms with E-state index in [0.29, 0.717) is 0 Å². The largest absolute Gasteiger partial charge is 0.238 e. The third-order valence-corrected chi connectivity index (χ3v) is 4.61. The first kappa shape index (κ1) is 13.9. The van der Waals surface area contributed by atoms with Gasteiger partial charge in [-0.25, -0.2) is 9.67 Å². The zero-order valence-corrected chi connectivity index (χ0v) is 12.9. The molecule has 106 valence electrons. The summed E-state index contributed by atoms with van der Waals surface area (Å²) >= 11 is 1.75. The van der Waals surface area contributed by atoms with Crippen LogP contribution < -0.4 is 0 Å². The van der Waals surface area contributed by atoms with Gasteiger partial charge in [-0.1, -0.05) is 42.5 Å². The Labute approximate surface area is 129 Å². The van der Waals surface area contributed by atoms with Gasteiger partial charge in [-0.2, -0.15) is 5.10 Å². The van der Waals surface area contributed by atoms with Crippen LogP contribution in [0, 0.1) is 0 Å². The van der Waals surface area contributed by atoms with Crippen LogP contribution in [-0.4, -0.2) is 21.0 Å². The molecule has 0 saturated heterocycles. The molecule has 0 radical (unpaired) electrons. The van der Waals surface area contributed by atoms with Crippen molar-refractivity contribution < 1.29 is 0 Å². The Hall–Kier alpha value is -2.07. The molecule has 2 aromatic carbocycles. The molecule has 0 aliphatic rings. The summed E-state index contributed by atoms with van der Waals surface area (Å²) in [6.45, 7) is 2.17. The number of hydrogen-bond acceptors (Lipinski definition) is 3. The molecule has 21 heavy (non-hydrogen) atoms. The topological polar surface area (TPSA) is 30.7 Å². The lowest BCUT2D eigenvalue weighted by Gasteiger charge is -2.31. The molecule has 3 rings (SSSR count). The number of aromatic nitrogens is 3. The van der Waals surface area contributed by atoms with Crippen LogP contribution in [0.5, 0.6) is 0 Å². The fourth-order valence-corrected chi connectivity index (χ4v) is 2.96. The van der Waals surface area contributed by atoms with Gasteiger partial charge in [0.15, 0.2) is 0 Å². The van der Waals surface area contributed by atoms with Crippen LogP contribution in [0.15, 0.2) is 72.1 Å². The maximum atomic E-state index is 4.38. The minimum atomic E-state index is -0.366. The fourth-order valence-electron chi connectivity index (χ4n) is 2.55. The van der Waals surface area contributed by atoms with Crippen molar-refractivity contribution in [3.05, 3.63) is 78.4 Å². The van der Waals surface area contributed by atoms with Gasteiger partial charge in [0, 0.05) is 4.90 Å². The number of nitrogens with zero attached hydrogens (tertiary/aromatic N) is 3. The molecule has 3 aromatic rings. The fraction of sp³-hybridized carbons (Fsp3) is 0.176. The summed E-state index contributed by atoms with van der Waals surface area (Å²) in [5.74, 6) is 0. The summed E-state index contributed by atoms with van der Waals surface area (Å²) in [5.41, 5.74) is 2.01. The maximum Gasteiger partial charge on any atom is 0.137 e. The Bertz CT molecular complexity index is 693. The molecule has 0 aliphatic carbocycles. The van der Waals surface area contributed by atoms with Crippen molar-refractivity contribution in [1.29, 1.82) is 0 Å². The van der Waals surface area contributed by atoms with Crippen molar-refractivity contribution in [3.8, 4) is 0 Å². The van der Waals surface area contributed by atoms with E-state index in [2.05, 4.69) is 71.8 Å². The van der Waals surface area contributed by atoms with Crippen LogP contribution in [0.3, 0.4) is 0 Å². The van der Waals surface area contributed by atoms with E-state index in [-0.39, 0.29) is 5.54 Å². The lowest BCUT2D eigenvalue weighted by atomic mass is 9.85. The summed E-state index contributed by atoms with van der Waals surface area (Å²) in [6, 6.07) is 19.0. The van der Waals surface area contributed by atoms with Gasteiger partial charge < -0.3 is 0 Å². The third kappa shape index (κ3) is 2.47. The summed E-state index contributed by atoms with van der Waals surface area (Å²) in [5, 5.41) is 4.38. The van der Waals surface area contributed by atoms with E-state index in [0.717, 1.165) is 0 Å². The van der Waals surface area contributed by atoms with E-state index in [4.69, 9.17) is 0 Å². The second-order valence-corrected chi connectivity index (χ2v) is 5.89. The first-order chi connectivity index (χ1) is 10.2. The molecule has 0 N–H and O–H groups in total. The summed E-state index contributed by atoms with van der Waals surface area (Å²) < 4.78 is 1.91. The van der Waals surface area contributed by atoms with E-state index in [1.54, 1.807) is 24.4 Å². The highest BCUT2D eigenvalue weighted by Gasteiger charge is 2.31. The molecule has 1 heterocycles. The number of thioether (sulfide) groups is 1. The molecule has 1 unspecified atom stereocenters. The van der Waals surface area contributed by atoms with Crippen LogP contribution in [0.1, 0.15) is 18.1 Å². The quantitative estimate of drug-likeness (QED) is 0.686. The van der Waals surface area contributed by atoms with Crippen molar-refractivity contribution in [3.63, 3.8) is 0 Å². The summed E-state index contributed by atoms with van der Waals surface area (Å²) in [4.78, 5) is 5.38. The first-order valence-corrected chi connectivity index (χ1v) is 8.03. The Morgan fingerprint density at radius 1 is 0.952 bits per heavy atom. The Morgan fingerprint density at radius 2 is 1.62 bits per heavy atom. The maximum absolute atomic E-state index is 4.38. The second kappa shape index (κ2) is 5.74. The molecule has 0 aliphatic heterocycles. The molecule has 0 saturated carbocycles. The molecule has 3 nitrogen and oxygen atoms in total. The van der Waals surface area contributed by atoms with E-state index < -0.39 is 0 Å².